The van der Waals surface area contributed by atoms with Gasteiger partial charge in [0.05, 0.1) is 0 Å². The Labute approximate surface area is 81.3 Å². The molecule has 0 unspecified atom stereocenters. The molecule has 1 heterocycles. The maximum absolute atomic E-state index is 5.07. The first kappa shape index (κ1) is 10.4. The van der Waals surface area contributed by atoms with Gasteiger partial charge in [-0.2, -0.15) is 0 Å². The summed E-state index contributed by atoms with van der Waals surface area (Å²) in [6, 6.07) is 0. The van der Waals surface area contributed by atoms with Crippen LogP contribution in [-0.2, 0) is 0 Å². The van der Waals surface area contributed by atoms with Gasteiger partial charge in [0.15, 0.2) is 0 Å². The van der Waals surface area contributed by atoms with Crippen LogP contribution in [0.3, 0.4) is 0 Å². The van der Waals surface area contributed by atoms with Crippen molar-refractivity contribution in [3.8, 4) is 0 Å². The van der Waals surface area contributed by atoms with Crippen LogP contribution in [-0.4, -0.2) is 22.4 Å². The minimum atomic E-state index is -1.11. The quantitative estimate of drug-likeness (QED) is 0.493. The zero-order chi connectivity index (χ0) is 9.35. The molecule has 0 aromatic carbocycles. The molecule has 12 heavy (non-hydrogen) atoms. The van der Waals surface area contributed by atoms with Gasteiger partial charge in [-0.25, -0.2) is 0 Å². The Morgan fingerprint density at radius 1 is 1.08 bits per heavy atom. The number of rotatable bonds is 1. The number of hydrogen-bond donors (Lipinski definition) is 0. The Morgan fingerprint density at radius 3 is 1.83 bits per heavy atom. The molecule has 0 spiro atoms. The van der Waals surface area contributed by atoms with Gasteiger partial charge in [-0.3, -0.25) is 0 Å². The Kier molecular flexibility index (Phi) is 3.10. The zero-order valence-corrected chi connectivity index (χ0v) is 12.0. The third kappa shape index (κ3) is 2.98. The van der Waals surface area contributed by atoms with Crippen LogP contribution in [0.2, 0.25) is 30.1 Å². The summed E-state index contributed by atoms with van der Waals surface area (Å²) in [5, 5.41) is 2.77. The molecule has 0 bridgehead atoms. The number of allylic oxidation sites excluding steroid dienone is 2. The monoisotopic (exact) mass is 243 g/mol. The molecule has 0 aliphatic carbocycles. The van der Waals surface area contributed by atoms with Crippen LogP contribution in [0, 0.1) is 0 Å². The maximum atomic E-state index is 5.07. The molecule has 0 aromatic rings. The molecular weight excluding hydrogens is 223 g/mol. The molecule has 0 amide bonds. The van der Waals surface area contributed by atoms with Crippen LogP contribution in [0.25, 0.3) is 0 Å². The Balaban J connectivity index is 2.69. The van der Waals surface area contributed by atoms with E-state index in [2.05, 4.69) is 33.5 Å². The molecule has 0 N–H and O–H groups in total. The van der Waals surface area contributed by atoms with Gasteiger partial charge in [0.25, 0.3) is 0 Å². The average Bonchev–Trinajstić information content (AvgIpc) is 2.07. The van der Waals surface area contributed by atoms with Gasteiger partial charge in [-0.15, -0.1) is 0 Å². The normalized spacial score (nSPS) is 18.9. The van der Waals surface area contributed by atoms with E-state index in [1.165, 1.54) is 10.5 Å². The summed E-state index contributed by atoms with van der Waals surface area (Å²) in [7, 11) is -1.11. The van der Waals surface area contributed by atoms with Crippen molar-refractivity contribution in [3.63, 3.8) is 0 Å². The average molecular weight is 242 g/mol. The summed E-state index contributed by atoms with van der Waals surface area (Å²) in [5.41, 5.74) is 3.29. The van der Waals surface area contributed by atoms with Crippen LogP contribution in [0.4, 0.5) is 0 Å². The number of hydrogen-bond acceptors (Lipinski definition) is 1. The molecule has 0 atom stereocenters. The van der Waals surface area contributed by atoms with Crippen molar-refractivity contribution in [2.24, 2.45) is 3.57 Å². The first-order valence-electron chi connectivity index (χ1n) is 4.61. The first-order chi connectivity index (χ1) is 5.38. The molecule has 1 aliphatic heterocycles. The van der Waals surface area contributed by atoms with Gasteiger partial charge >= 0.3 is 81.1 Å². The van der Waals surface area contributed by atoms with E-state index in [1.807, 2.05) is 0 Å². The van der Waals surface area contributed by atoms with Crippen LogP contribution in [0.15, 0.2) is 14.7 Å². The SMILES string of the molecule is CC1=C(C)[CH2][Ge](=[N][Si](C)(C)C)[CH2]1. The van der Waals surface area contributed by atoms with Crippen molar-refractivity contribution in [3.05, 3.63) is 11.1 Å². The fourth-order valence-electron chi connectivity index (χ4n) is 1.53. The Bertz CT molecular complexity index is 232. The molecule has 3 heteroatoms. The molecule has 68 valence electrons. The van der Waals surface area contributed by atoms with Crippen molar-refractivity contribution in [2.45, 2.75) is 44.0 Å². The van der Waals surface area contributed by atoms with Gasteiger partial charge in [-0.05, 0) is 0 Å². The van der Waals surface area contributed by atoms with Crippen molar-refractivity contribution in [2.75, 3.05) is 0 Å². The summed E-state index contributed by atoms with van der Waals surface area (Å²) >= 11 is -0.975. The van der Waals surface area contributed by atoms with Crippen molar-refractivity contribution < 1.29 is 0 Å². The fraction of sp³-hybridized carbons (Fsp3) is 0.778. The van der Waals surface area contributed by atoms with E-state index in [-0.39, 0.29) is 0 Å². The molecule has 1 aliphatic rings. The van der Waals surface area contributed by atoms with E-state index in [4.69, 9.17) is 3.57 Å². The molecule has 1 nitrogen and oxygen atoms in total. The predicted molar refractivity (Wildman–Crippen MR) is 59.5 cm³/mol. The van der Waals surface area contributed by atoms with E-state index in [0.717, 1.165) is 0 Å². The van der Waals surface area contributed by atoms with Gasteiger partial charge in [0.1, 0.15) is 0 Å². The summed E-state index contributed by atoms with van der Waals surface area (Å²) in [5.74, 6) is 0. The minimum absolute atomic E-state index is 0.975. The van der Waals surface area contributed by atoms with Gasteiger partial charge in [0.2, 0.25) is 0 Å². The summed E-state index contributed by atoms with van der Waals surface area (Å²) < 4.78 is 5.07. The fourth-order valence-corrected chi connectivity index (χ4v) is 13.7. The molecule has 0 saturated carbocycles. The topological polar surface area (TPSA) is 12.4 Å². The van der Waals surface area contributed by atoms with Crippen molar-refractivity contribution >= 4 is 22.4 Å². The zero-order valence-electron chi connectivity index (χ0n) is 8.86. The second kappa shape index (κ2) is 3.58. The Morgan fingerprint density at radius 2 is 1.50 bits per heavy atom. The van der Waals surface area contributed by atoms with E-state index in [0.29, 0.717) is 0 Å². The summed E-state index contributed by atoms with van der Waals surface area (Å²) in [4.78, 5) is 0. The first-order valence-corrected chi connectivity index (χ1v) is 12.0. The van der Waals surface area contributed by atoms with Gasteiger partial charge in [-0.1, -0.05) is 0 Å². The van der Waals surface area contributed by atoms with Gasteiger partial charge < -0.3 is 0 Å². The van der Waals surface area contributed by atoms with E-state index in [9.17, 15) is 0 Å². The summed E-state index contributed by atoms with van der Waals surface area (Å²) in [6.45, 7) is 11.6. The van der Waals surface area contributed by atoms with Crippen LogP contribution in [0.5, 0.6) is 0 Å². The van der Waals surface area contributed by atoms with Gasteiger partial charge in [0, 0.05) is 0 Å². The molecule has 0 radical (unpaired) electrons. The molecular formula is C9H19GeNSi. The molecule has 1 rings (SSSR count). The van der Waals surface area contributed by atoms with Crippen LogP contribution >= 0.6 is 0 Å². The Hall–Kier alpha value is 0.300. The predicted octanol–water partition coefficient (Wildman–Crippen LogP) is 3.43. The third-order valence-electron chi connectivity index (χ3n) is 2.16. The van der Waals surface area contributed by atoms with Crippen LogP contribution < -0.4 is 0 Å². The molecule has 0 fully saturated rings. The number of nitrogens with zero attached hydrogens (tertiary/aromatic N) is 1. The molecule has 0 aromatic heterocycles. The standard InChI is InChI=1S/C9H19GeNSi/c1-8-6-10(7-9(8)2)11-12(3,4)5/h6-7H2,1-5H3. The van der Waals surface area contributed by atoms with Crippen molar-refractivity contribution in [1.29, 1.82) is 0 Å². The third-order valence-corrected chi connectivity index (χ3v) is 13.3. The molecule has 0 saturated heterocycles. The van der Waals surface area contributed by atoms with E-state index in [1.54, 1.807) is 11.1 Å². The van der Waals surface area contributed by atoms with E-state index >= 15 is 0 Å². The second-order valence-corrected chi connectivity index (χ2v) is 14.6. The summed E-state index contributed by atoms with van der Waals surface area (Å²) in [6.07, 6.45) is 0. The van der Waals surface area contributed by atoms with Crippen LogP contribution in [0.1, 0.15) is 13.8 Å². The van der Waals surface area contributed by atoms with E-state index < -0.39 is 22.4 Å². The van der Waals surface area contributed by atoms with Crippen molar-refractivity contribution in [1.82, 2.24) is 0 Å². The second-order valence-electron chi connectivity index (χ2n) is 4.76.